The van der Waals surface area contributed by atoms with Gasteiger partial charge >= 0.3 is 5.97 Å². The summed E-state index contributed by atoms with van der Waals surface area (Å²) in [6, 6.07) is 0.252. The zero-order valence-corrected chi connectivity index (χ0v) is 12.7. The van der Waals surface area contributed by atoms with Gasteiger partial charge in [-0.1, -0.05) is 13.3 Å². The third-order valence-electron chi connectivity index (χ3n) is 4.17. The number of aromatic nitrogens is 1. The van der Waals surface area contributed by atoms with E-state index in [1.807, 2.05) is 0 Å². The molecule has 1 aliphatic rings. The average molecular weight is 296 g/mol. The van der Waals surface area contributed by atoms with Gasteiger partial charge < -0.3 is 10.0 Å². The maximum atomic E-state index is 12.3. The molecule has 20 heavy (non-hydrogen) atoms. The number of rotatable bonds is 4. The third-order valence-corrected chi connectivity index (χ3v) is 5.00. The van der Waals surface area contributed by atoms with Crippen LogP contribution in [0.15, 0.2) is 5.38 Å². The Morgan fingerprint density at radius 2 is 2.05 bits per heavy atom. The van der Waals surface area contributed by atoms with Crippen LogP contribution in [-0.2, 0) is 0 Å². The molecule has 2 rings (SSSR count). The summed E-state index contributed by atoms with van der Waals surface area (Å²) in [5, 5.41) is 10.5. The van der Waals surface area contributed by atoms with E-state index < -0.39 is 5.97 Å². The number of carbonyl (C=O) groups is 2. The van der Waals surface area contributed by atoms with Crippen LogP contribution in [0.2, 0.25) is 0 Å². The van der Waals surface area contributed by atoms with E-state index in [1.54, 1.807) is 11.9 Å². The number of hydrogen-bond acceptors (Lipinski definition) is 4. The summed E-state index contributed by atoms with van der Waals surface area (Å²) in [7, 11) is 1.79. The Balaban J connectivity index is 1.99. The molecule has 0 saturated heterocycles. The second kappa shape index (κ2) is 6.35. The fraction of sp³-hybridized carbons (Fsp3) is 0.643. The van der Waals surface area contributed by atoms with Crippen LogP contribution < -0.4 is 0 Å². The highest BCUT2D eigenvalue weighted by Gasteiger charge is 2.28. The van der Waals surface area contributed by atoms with Crippen LogP contribution in [0, 0.1) is 5.92 Å². The van der Waals surface area contributed by atoms with Gasteiger partial charge in [-0.3, -0.25) is 4.79 Å². The minimum atomic E-state index is -1.09. The summed E-state index contributed by atoms with van der Waals surface area (Å²) in [5.74, 6) is -0.470. The fourth-order valence-corrected chi connectivity index (χ4v) is 3.50. The molecule has 1 aliphatic carbocycles. The largest absolute Gasteiger partial charge is 0.476 e. The number of carboxylic acids is 1. The summed E-state index contributed by atoms with van der Waals surface area (Å²) in [6.45, 7) is 2.21. The zero-order chi connectivity index (χ0) is 14.7. The van der Waals surface area contributed by atoms with Gasteiger partial charge in [0.2, 0.25) is 0 Å². The minimum Gasteiger partial charge on any atom is -0.476 e. The van der Waals surface area contributed by atoms with E-state index in [4.69, 9.17) is 5.11 Å². The second-order valence-corrected chi connectivity index (χ2v) is 6.20. The monoisotopic (exact) mass is 296 g/mol. The molecule has 1 amide bonds. The van der Waals surface area contributed by atoms with Gasteiger partial charge in [-0.15, -0.1) is 11.3 Å². The van der Waals surface area contributed by atoms with Crippen LogP contribution in [0.3, 0.4) is 0 Å². The van der Waals surface area contributed by atoms with Crippen molar-refractivity contribution in [3.63, 3.8) is 0 Å². The van der Waals surface area contributed by atoms with Crippen molar-refractivity contribution in [3.8, 4) is 0 Å². The van der Waals surface area contributed by atoms with Gasteiger partial charge in [0, 0.05) is 18.5 Å². The van der Waals surface area contributed by atoms with Gasteiger partial charge in [-0.2, -0.15) is 0 Å². The van der Waals surface area contributed by atoms with Crippen LogP contribution in [0.25, 0.3) is 0 Å². The Bertz CT molecular complexity index is 492. The molecular formula is C14H20N2O3S. The number of nitrogens with zero attached hydrogens (tertiary/aromatic N) is 2. The first-order chi connectivity index (χ1) is 9.52. The molecule has 1 saturated carbocycles. The van der Waals surface area contributed by atoms with E-state index in [2.05, 4.69) is 11.9 Å². The molecule has 0 aromatic carbocycles. The van der Waals surface area contributed by atoms with E-state index in [9.17, 15) is 9.59 Å². The van der Waals surface area contributed by atoms with Gasteiger partial charge in [0.05, 0.1) is 0 Å². The number of carbonyl (C=O) groups excluding carboxylic acids is 1. The second-order valence-electron chi connectivity index (χ2n) is 5.34. The lowest BCUT2D eigenvalue weighted by atomic mass is 9.84. The molecular weight excluding hydrogens is 276 g/mol. The van der Waals surface area contributed by atoms with Gasteiger partial charge in [0.15, 0.2) is 10.7 Å². The summed E-state index contributed by atoms with van der Waals surface area (Å²) in [4.78, 5) is 28.7. The summed E-state index contributed by atoms with van der Waals surface area (Å²) >= 11 is 1.10. The highest BCUT2D eigenvalue weighted by molar-refractivity contribution is 7.11. The van der Waals surface area contributed by atoms with Crippen molar-refractivity contribution < 1.29 is 14.7 Å². The minimum absolute atomic E-state index is 0.0542. The van der Waals surface area contributed by atoms with Crippen molar-refractivity contribution in [1.29, 1.82) is 0 Å². The molecule has 0 radical (unpaired) electrons. The van der Waals surface area contributed by atoms with E-state index in [0.717, 1.165) is 42.9 Å². The molecule has 1 aromatic rings. The molecule has 0 unspecified atom stereocenters. The molecule has 0 aliphatic heterocycles. The highest BCUT2D eigenvalue weighted by Crippen LogP contribution is 2.29. The Morgan fingerprint density at radius 1 is 1.40 bits per heavy atom. The van der Waals surface area contributed by atoms with Crippen molar-refractivity contribution in [2.75, 3.05) is 7.05 Å². The number of amides is 1. The molecule has 0 spiro atoms. The van der Waals surface area contributed by atoms with Gasteiger partial charge in [-0.05, 0) is 31.6 Å². The maximum absolute atomic E-state index is 12.3. The normalized spacial score (nSPS) is 22.5. The Labute approximate surface area is 122 Å². The predicted molar refractivity (Wildman–Crippen MR) is 77.2 cm³/mol. The quantitative estimate of drug-likeness (QED) is 0.927. The standard InChI is InChI=1S/C14H20N2O3S/c1-3-9-4-6-10(7-5-9)16(2)13(17)12-15-11(8-20-12)14(18)19/h8-10H,3-7H2,1-2H3,(H,18,19). The van der Waals surface area contributed by atoms with Crippen molar-refractivity contribution in [2.24, 2.45) is 5.92 Å². The molecule has 1 heterocycles. The van der Waals surface area contributed by atoms with E-state index in [-0.39, 0.29) is 22.7 Å². The van der Waals surface area contributed by atoms with Crippen molar-refractivity contribution in [1.82, 2.24) is 9.88 Å². The summed E-state index contributed by atoms with van der Waals surface area (Å²) in [6.07, 6.45) is 5.59. The fourth-order valence-electron chi connectivity index (χ4n) is 2.73. The van der Waals surface area contributed by atoms with Gasteiger partial charge in [0.25, 0.3) is 5.91 Å². The topological polar surface area (TPSA) is 70.5 Å². The average Bonchev–Trinajstić information content (AvgIpc) is 2.96. The molecule has 110 valence electrons. The smallest absolute Gasteiger partial charge is 0.355 e. The van der Waals surface area contributed by atoms with Crippen LogP contribution in [0.1, 0.15) is 59.3 Å². The number of hydrogen-bond donors (Lipinski definition) is 1. The predicted octanol–water partition coefficient (Wildman–Crippen LogP) is 2.88. The SMILES string of the molecule is CCC1CCC(N(C)C(=O)c2nc(C(=O)O)cs2)CC1. The lowest BCUT2D eigenvalue weighted by Crippen LogP contribution is -2.39. The molecule has 0 bridgehead atoms. The number of thiazole rings is 1. The van der Waals surface area contributed by atoms with Gasteiger partial charge in [-0.25, -0.2) is 9.78 Å². The van der Waals surface area contributed by atoms with E-state index in [1.165, 1.54) is 11.8 Å². The first kappa shape index (κ1) is 15.0. The molecule has 5 nitrogen and oxygen atoms in total. The number of carboxylic acid groups (broad SMARTS) is 1. The van der Waals surface area contributed by atoms with E-state index in [0.29, 0.717) is 0 Å². The Kier molecular flexibility index (Phi) is 4.75. The molecule has 0 atom stereocenters. The number of aromatic carboxylic acids is 1. The van der Waals surface area contributed by atoms with Crippen LogP contribution in [-0.4, -0.2) is 40.0 Å². The first-order valence-corrected chi connectivity index (χ1v) is 7.86. The molecule has 1 N–H and O–H groups in total. The molecule has 1 fully saturated rings. The van der Waals surface area contributed by atoms with Crippen molar-refractivity contribution >= 4 is 23.2 Å². The van der Waals surface area contributed by atoms with E-state index >= 15 is 0 Å². The van der Waals surface area contributed by atoms with Crippen LogP contribution in [0.4, 0.5) is 0 Å². The van der Waals surface area contributed by atoms with Crippen LogP contribution in [0.5, 0.6) is 0 Å². The maximum Gasteiger partial charge on any atom is 0.355 e. The van der Waals surface area contributed by atoms with Crippen LogP contribution >= 0.6 is 11.3 Å². The van der Waals surface area contributed by atoms with Crippen molar-refractivity contribution in [3.05, 3.63) is 16.1 Å². The highest BCUT2D eigenvalue weighted by atomic mass is 32.1. The lowest BCUT2D eigenvalue weighted by molar-refractivity contribution is 0.0673. The lowest BCUT2D eigenvalue weighted by Gasteiger charge is -2.34. The Hall–Kier alpha value is -1.43. The molecule has 6 heteroatoms. The third kappa shape index (κ3) is 3.17. The summed E-state index contributed by atoms with van der Waals surface area (Å²) in [5.41, 5.74) is -0.0542. The van der Waals surface area contributed by atoms with Crippen molar-refractivity contribution in [2.45, 2.75) is 45.1 Å². The summed E-state index contributed by atoms with van der Waals surface area (Å²) < 4.78 is 0. The molecule has 1 aromatic heterocycles. The first-order valence-electron chi connectivity index (χ1n) is 6.98. The zero-order valence-electron chi connectivity index (χ0n) is 11.8. The Morgan fingerprint density at radius 3 is 2.55 bits per heavy atom. The van der Waals surface area contributed by atoms with Gasteiger partial charge in [0.1, 0.15) is 0 Å².